The number of carbonyl (C=O) groups is 1. The van der Waals surface area contributed by atoms with Crippen LogP contribution in [0, 0.1) is 18.3 Å². The van der Waals surface area contributed by atoms with Gasteiger partial charge in [0.1, 0.15) is 17.7 Å². The Morgan fingerprint density at radius 1 is 1.17 bits per heavy atom. The molecule has 2 aromatic carbocycles. The van der Waals surface area contributed by atoms with Gasteiger partial charge in [0.25, 0.3) is 5.91 Å². The van der Waals surface area contributed by atoms with Crippen molar-refractivity contribution in [1.29, 1.82) is 0 Å². The first kappa shape index (κ1) is 32.0. The summed E-state index contributed by atoms with van der Waals surface area (Å²) in [6.07, 6.45) is 3.94. The summed E-state index contributed by atoms with van der Waals surface area (Å²) < 4.78 is 34.8. The van der Waals surface area contributed by atoms with Crippen LogP contribution in [0.25, 0.3) is 15.6 Å². The zero-order valence-electron chi connectivity index (χ0n) is 26.2. The number of benzene rings is 2. The summed E-state index contributed by atoms with van der Waals surface area (Å²) in [6, 6.07) is 9.10. The van der Waals surface area contributed by atoms with Crippen molar-refractivity contribution < 1.29 is 18.3 Å². The molecule has 0 spiro atoms. The van der Waals surface area contributed by atoms with Gasteiger partial charge in [0.05, 0.1) is 23.9 Å². The van der Waals surface area contributed by atoms with Crippen LogP contribution in [0.1, 0.15) is 30.5 Å². The van der Waals surface area contributed by atoms with Crippen LogP contribution in [-0.4, -0.2) is 91.2 Å². The van der Waals surface area contributed by atoms with Crippen LogP contribution in [0.4, 0.5) is 20.3 Å². The minimum Gasteiger partial charge on any atom is -0.463 e. The fraction of sp³-hybridized carbons (Fsp3) is 0.471. The Morgan fingerprint density at radius 2 is 2.00 bits per heavy atom. The standard InChI is InChI=1S/C34H38ClF2N7O2/c1-21(36)33(45)44-16-15-43(18-24(44)17-38-2)32-25-13-14-42(29-10-5-7-22-11-12-26(37)31(35)30(22)29)19-27(25)39-34(40-32)46-20-23-8-6-9-28(23)41(3)4/h5,7,10-12,23-24,28H,1,6,8-9,13-20H2,3-4H3/t23-,24?,28-/m0/s1. The van der Waals surface area contributed by atoms with Gasteiger partial charge in [-0.2, -0.15) is 9.97 Å². The largest absolute Gasteiger partial charge is 0.463 e. The smallest absolute Gasteiger partial charge is 0.318 e. The quantitative estimate of drug-likeness (QED) is 0.235. The molecule has 1 saturated carbocycles. The Labute approximate surface area is 273 Å². The third-order valence-corrected chi connectivity index (χ3v) is 9.93. The molecular weight excluding hydrogens is 612 g/mol. The number of aromatic nitrogens is 2. The highest BCUT2D eigenvalue weighted by molar-refractivity contribution is 6.36. The summed E-state index contributed by atoms with van der Waals surface area (Å²) in [7, 11) is 4.19. The van der Waals surface area contributed by atoms with Crippen LogP contribution in [0.2, 0.25) is 5.02 Å². The zero-order chi connectivity index (χ0) is 32.5. The number of hydrogen-bond donors (Lipinski definition) is 0. The first-order chi connectivity index (χ1) is 22.2. The second-order valence-corrected chi connectivity index (χ2v) is 12.9. The van der Waals surface area contributed by atoms with E-state index in [1.807, 2.05) is 18.2 Å². The number of ether oxygens (including phenoxy) is 1. The van der Waals surface area contributed by atoms with Crippen molar-refractivity contribution in [2.45, 2.75) is 44.3 Å². The fourth-order valence-electron chi connectivity index (χ4n) is 7.28. The van der Waals surface area contributed by atoms with E-state index in [9.17, 15) is 13.6 Å². The molecule has 9 nitrogen and oxygen atoms in total. The predicted octanol–water partition coefficient (Wildman–Crippen LogP) is 5.51. The molecule has 1 amide bonds. The minimum atomic E-state index is -1.03. The number of hydrogen-bond acceptors (Lipinski definition) is 7. The van der Waals surface area contributed by atoms with Gasteiger partial charge in [-0.15, -0.1) is 0 Å². The average Bonchev–Trinajstić information content (AvgIpc) is 3.53. The van der Waals surface area contributed by atoms with Crippen molar-refractivity contribution in [1.82, 2.24) is 19.8 Å². The summed E-state index contributed by atoms with van der Waals surface area (Å²) in [5, 5.41) is 1.60. The maximum Gasteiger partial charge on any atom is 0.318 e. The van der Waals surface area contributed by atoms with E-state index in [-0.39, 0.29) is 24.1 Å². The molecule has 1 aliphatic carbocycles. The van der Waals surface area contributed by atoms with E-state index in [0.29, 0.717) is 62.4 Å². The van der Waals surface area contributed by atoms with Gasteiger partial charge in [0.2, 0.25) is 6.54 Å². The molecular formula is C34H38ClF2N7O2. The van der Waals surface area contributed by atoms with Gasteiger partial charge in [0.15, 0.2) is 5.83 Å². The van der Waals surface area contributed by atoms with E-state index in [1.54, 1.807) is 6.07 Å². The van der Waals surface area contributed by atoms with Crippen molar-refractivity contribution >= 4 is 39.8 Å². The number of halogens is 3. The van der Waals surface area contributed by atoms with E-state index in [2.05, 4.69) is 40.2 Å². The van der Waals surface area contributed by atoms with Crippen LogP contribution < -0.4 is 14.5 Å². The number of anilines is 2. The van der Waals surface area contributed by atoms with E-state index in [1.165, 1.54) is 11.0 Å². The molecule has 3 atom stereocenters. The van der Waals surface area contributed by atoms with Crippen LogP contribution in [-0.2, 0) is 17.8 Å². The Bertz CT molecular complexity index is 1700. The molecule has 0 N–H and O–H groups in total. The molecule has 6 rings (SSSR count). The van der Waals surface area contributed by atoms with Gasteiger partial charge in [-0.1, -0.05) is 42.8 Å². The number of carbonyl (C=O) groups excluding carboxylic acids is 1. The second kappa shape index (κ2) is 13.4. The lowest BCUT2D eigenvalue weighted by Gasteiger charge is -2.41. The molecule has 3 aromatic rings. The highest BCUT2D eigenvalue weighted by Crippen LogP contribution is 2.38. The molecule has 46 heavy (non-hydrogen) atoms. The van der Waals surface area contributed by atoms with E-state index >= 15 is 0 Å². The van der Waals surface area contributed by atoms with Crippen LogP contribution in [0.15, 0.2) is 42.7 Å². The van der Waals surface area contributed by atoms with Crippen LogP contribution >= 0.6 is 11.6 Å². The van der Waals surface area contributed by atoms with E-state index < -0.39 is 23.6 Å². The van der Waals surface area contributed by atoms with Crippen molar-refractivity contribution in [3.8, 4) is 6.01 Å². The third-order valence-electron chi connectivity index (χ3n) is 9.56. The second-order valence-electron chi connectivity index (χ2n) is 12.5. The van der Waals surface area contributed by atoms with Crippen molar-refractivity contribution in [3.63, 3.8) is 0 Å². The first-order valence-electron chi connectivity index (χ1n) is 15.7. The SMILES string of the molecule is [C-]#[N+]CC1CN(c2nc(OC[C@@H]3CCC[C@@H]3N(C)C)nc3c2CCN(c2cccc4ccc(F)c(Cl)c24)C3)CCN1C(=O)C(=C)F. The topological polar surface area (TPSA) is 69.4 Å². The first-order valence-corrected chi connectivity index (χ1v) is 16.1. The highest BCUT2D eigenvalue weighted by Gasteiger charge is 2.37. The molecule has 2 aliphatic heterocycles. The van der Waals surface area contributed by atoms with Crippen molar-refractivity contribution in [2.75, 3.05) is 63.2 Å². The molecule has 1 saturated heterocycles. The maximum absolute atomic E-state index is 14.6. The van der Waals surface area contributed by atoms with Crippen molar-refractivity contribution in [2.24, 2.45) is 5.92 Å². The fourth-order valence-corrected chi connectivity index (χ4v) is 7.55. The minimum absolute atomic E-state index is 0.0337. The molecule has 3 aliphatic rings. The summed E-state index contributed by atoms with van der Waals surface area (Å²) >= 11 is 6.50. The predicted molar refractivity (Wildman–Crippen MR) is 175 cm³/mol. The lowest BCUT2D eigenvalue weighted by Crippen LogP contribution is -2.57. The zero-order valence-corrected chi connectivity index (χ0v) is 26.9. The lowest BCUT2D eigenvalue weighted by atomic mass is 10.0. The van der Waals surface area contributed by atoms with Gasteiger partial charge >= 0.3 is 6.01 Å². The number of fused-ring (bicyclic) bond motifs is 2. The van der Waals surface area contributed by atoms with Gasteiger partial charge in [-0.3, -0.25) is 4.79 Å². The number of nitrogens with zero attached hydrogens (tertiary/aromatic N) is 7. The molecule has 2 fully saturated rings. The number of piperazine rings is 1. The van der Waals surface area contributed by atoms with Crippen LogP contribution in [0.3, 0.4) is 0 Å². The van der Waals surface area contributed by atoms with Gasteiger partial charge in [-0.05, 0) is 50.9 Å². The molecule has 12 heteroatoms. The van der Waals surface area contributed by atoms with Gasteiger partial charge in [0, 0.05) is 54.8 Å². The Morgan fingerprint density at radius 3 is 2.76 bits per heavy atom. The number of amides is 1. The van der Waals surface area contributed by atoms with Crippen LogP contribution in [0.5, 0.6) is 6.01 Å². The molecule has 1 aromatic heterocycles. The monoisotopic (exact) mass is 649 g/mol. The molecule has 0 bridgehead atoms. The molecule has 1 unspecified atom stereocenters. The van der Waals surface area contributed by atoms with E-state index in [4.69, 9.17) is 32.9 Å². The Kier molecular flexibility index (Phi) is 9.29. The summed E-state index contributed by atoms with van der Waals surface area (Å²) in [6.45, 7) is 13.2. The average molecular weight is 650 g/mol. The molecule has 242 valence electrons. The molecule has 0 radical (unpaired) electrons. The summed E-state index contributed by atoms with van der Waals surface area (Å²) in [4.78, 5) is 33.8. The maximum atomic E-state index is 14.6. The highest BCUT2D eigenvalue weighted by atomic mass is 35.5. The Balaban J connectivity index is 1.35. The Hall–Kier alpha value is -4.01. The third kappa shape index (κ3) is 6.20. The normalized spacial score (nSPS) is 21.4. The summed E-state index contributed by atoms with van der Waals surface area (Å²) in [5.41, 5.74) is 2.58. The van der Waals surface area contributed by atoms with Gasteiger partial charge < -0.3 is 29.2 Å². The van der Waals surface area contributed by atoms with Crippen molar-refractivity contribution in [3.05, 3.63) is 76.3 Å². The van der Waals surface area contributed by atoms with Gasteiger partial charge in [-0.25, -0.2) is 15.4 Å². The lowest BCUT2D eigenvalue weighted by molar-refractivity contribution is -0.131. The number of rotatable bonds is 8. The molecule has 3 heterocycles. The summed E-state index contributed by atoms with van der Waals surface area (Å²) in [5.74, 6) is -1.22. The van der Waals surface area contributed by atoms with E-state index in [0.717, 1.165) is 41.6 Å².